The molecule has 0 saturated heterocycles. The third-order valence-electron chi connectivity index (χ3n) is 3.45. The molecule has 0 bridgehead atoms. The zero-order valence-corrected chi connectivity index (χ0v) is 14.5. The minimum absolute atomic E-state index is 0.525. The lowest BCUT2D eigenvalue weighted by atomic mass is 10.1. The van der Waals surface area contributed by atoms with E-state index in [1.165, 1.54) is 11.9 Å². The van der Waals surface area contributed by atoms with Crippen molar-refractivity contribution >= 4 is 17.4 Å². The van der Waals surface area contributed by atoms with Crippen molar-refractivity contribution in [2.75, 3.05) is 32.2 Å². The van der Waals surface area contributed by atoms with Crippen LogP contribution in [-0.4, -0.2) is 36.8 Å². The molecule has 5 nitrogen and oxygen atoms in total. The minimum Gasteiger partial charge on any atom is -0.491 e. The monoisotopic (exact) mass is 335 g/mol. The number of halogens is 1. The van der Waals surface area contributed by atoms with Gasteiger partial charge in [-0.1, -0.05) is 23.7 Å². The number of methoxy groups -OCH3 is 1. The Balaban J connectivity index is 1.83. The lowest BCUT2D eigenvalue weighted by molar-refractivity contribution is 0.202. The number of aryl methyl sites for hydroxylation is 2. The molecule has 1 N–H and O–H groups in total. The van der Waals surface area contributed by atoms with Crippen LogP contribution in [0, 0.1) is 13.8 Å². The summed E-state index contributed by atoms with van der Waals surface area (Å²) in [6.07, 6.45) is 2.40. The van der Waals surface area contributed by atoms with Crippen molar-refractivity contribution in [2.24, 2.45) is 0 Å². The van der Waals surface area contributed by atoms with Gasteiger partial charge in [0.15, 0.2) is 0 Å². The van der Waals surface area contributed by atoms with E-state index in [0.29, 0.717) is 24.0 Å². The molecule has 1 aromatic carbocycles. The Morgan fingerprint density at radius 1 is 1.17 bits per heavy atom. The summed E-state index contributed by atoms with van der Waals surface area (Å²) in [6, 6.07) is 6.20. The smallest absolute Gasteiger partial charge is 0.148 e. The minimum atomic E-state index is 0.525. The third-order valence-corrected chi connectivity index (χ3v) is 3.90. The molecule has 0 amide bonds. The molecule has 1 heterocycles. The Hall–Kier alpha value is -1.85. The zero-order valence-electron chi connectivity index (χ0n) is 13.7. The van der Waals surface area contributed by atoms with E-state index in [1.807, 2.05) is 19.9 Å². The molecular formula is C17H22ClN3O2. The second kappa shape index (κ2) is 8.70. The predicted molar refractivity (Wildman–Crippen MR) is 92.5 cm³/mol. The lowest BCUT2D eigenvalue weighted by Crippen LogP contribution is -2.13. The second-order valence-electron chi connectivity index (χ2n) is 5.24. The fourth-order valence-corrected chi connectivity index (χ4v) is 2.32. The number of nitrogens with zero attached hydrogens (tertiary/aromatic N) is 2. The predicted octanol–water partition coefficient (Wildman–Crippen LogP) is 3.43. The van der Waals surface area contributed by atoms with Crippen molar-refractivity contribution in [3.8, 4) is 5.75 Å². The maximum atomic E-state index is 6.13. The zero-order chi connectivity index (χ0) is 16.7. The number of anilines is 1. The number of benzene rings is 1. The van der Waals surface area contributed by atoms with Gasteiger partial charge in [0.1, 0.15) is 29.5 Å². The molecular weight excluding hydrogens is 314 g/mol. The van der Waals surface area contributed by atoms with E-state index in [1.54, 1.807) is 7.11 Å². The molecule has 2 rings (SSSR count). The molecule has 23 heavy (non-hydrogen) atoms. The van der Waals surface area contributed by atoms with E-state index in [2.05, 4.69) is 27.4 Å². The number of rotatable bonds is 8. The van der Waals surface area contributed by atoms with Crippen molar-refractivity contribution in [1.82, 2.24) is 9.97 Å². The van der Waals surface area contributed by atoms with Crippen LogP contribution in [0.1, 0.15) is 16.8 Å². The van der Waals surface area contributed by atoms with E-state index in [-0.39, 0.29) is 0 Å². The van der Waals surface area contributed by atoms with Gasteiger partial charge in [-0.2, -0.15) is 0 Å². The molecule has 1 aromatic heterocycles. The highest BCUT2D eigenvalue weighted by molar-refractivity contribution is 6.33. The first kappa shape index (κ1) is 17.5. The number of ether oxygens (including phenoxy) is 2. The summed E-state index contributed by atoms with van der Waals surface area (Å²) >= 11 is 6.13. The SMILES string of the molecule is COCCc1ccc(OCCNc2ncnc(C)c2Cl)c(C)c1. The first-order valence-electron chi connectivity index (χ1n) is 7.54. The third kappa shape index (κ3) is 5.08. The highest BCUT2D eigenvalue weighted by Crippen LogP contribution is 2.21. The molecule has 124 valence electrons. The van der Waals surface area contributed by atoms with E-state index in [0.717, 1.165) is 30.0 Å². The molecule has 2 aromatic rings. The van der Waals surface area contributed by atoms with Crippen LogP contribution >= 0.6 is 11.6 Å². The van der Waals surface area contributed by atoms with E-state index < -0.39 is 0 Å². The highest BCUT2D eigenvalue weighted by Gasteiger charge is 2.05. The Morgan fingerprint density at radius 3 is 2.74 bits per heavy atom. The molecule has 0 saturated carbocycles. The van der Waals surface area contributed by atoms with Crippen LogP contribution in [0.5, 0.6) is 5.75 Å². The largest absolute Gasteiger partial charge is 0.491 e. The van der Waals surface area contributed by atoms with Crippen molar-refractivity contribution in [1.29, 1.82) is 0 Å². The summed E-state index contributed by atoms with van der Waals surface area (Å²) < 4.78 is 10.9. The van der Waals surface area contributed by atoms with Crippen LogP contribution in [-0.2, 0) is 11.2 Å². The summed E-state index contributed by atoms with van der Waals surface area (Å²) in [4.78, 5) is 8.15. The quantitative estimate of drug-likeness (QED) is 0.749. The Morgan fingerprint density at radius 2 is 2.00 bits per heavy atom. The van der Waals surface area contributed by atoms with Crippen molar-refractivity contribution in [3.63, 3.8) is 0 Å². The van der Waals surface area contributed by atoms with Gasteiger partial charge in [-0.05, 0) is 37.5 Å². The van der Waals surface area contributed by atoms with Crippen LogP contribution in [0.4, 0.5) is 5.82 Å². The maximum Gasteiger partial charge on any atom is 0.148 e. The van der Waals surface area contributed by atoms with E-state index >= 15 is 0 Å². The van der Waals surface area contributed by atoms with Gasteiger partial charge in [-0.15, -0.1) is 0 Å². The summed E-state index contributed by atoms with van der Waals surface area (Å²) in [5.74, 6) is 1.52. The Bertz CT molecular complexity index is 650. The molecule has 0 spiro atoms. The second-order valence-corrected chi connectivity index (χ2v) is 5.62. The van der Waals surface area contributed by atoms with E-state index in [4.69, 9.17) is 21.1 Å². The van der Waals surface area contributed by atoms with Gasteiger partial charge in [0.2, 0.25) is 0 Å². The number of hydrogen-bond acceptors (Lipinski definition) is 5. The molecule has 0 unspecified atom stereocenters. The van der Waals surface area contributed by atoms with Crippen LogP contribution in [0.15, 0.2) is 24.5 Å². The van der Waals surface area contributed by atoms with Gasteiger partial charge >= 0.3 is 0 Å². The van der Waals surface area contributed by atoms with Crippen molar-refractivity contribution in [3.05, 3.63) is 46.4 Å². The number of hydrogen-bond donors (Lipinski definition) is 1. The summed E-state index contributed by atoms with van der Waals surface area (Å²) in [6.45, 7) is 5.76. The topological polar surface area (TPSA) is 56.3 Å². The molecule has 0 aliphatic rings. The molecule has 6 heteroatoms. The lowest BCUT2D eigenvalue weighted by Gasteiger charge is -2.12. The van der Waals surface area contributed by atoms with Crippen molar-refractivity contribution < 1.29 is 9.47 Å². The first-order chi connectivity index (χ1) is 11.1. The molecule has 0 aliphatic heterocycles. The fraction of sp³-hybridized carbons (Fsp3) is 0.412. The fourth-order valence-electron chi connectivity index (χ4n) is 2.16. The molecule has 0 fully saturated rings. The Labute approximate surface area is 142 Å². The van der Waals surface area contributed by atoms with Crippen LogP contribution in [0.25, 0.3) is 0 Å². The van der Waals surface area contributed by atoms with Gasteiger partial charge in [0, 0.05) is 7.11 Å². The van der Waals surface area contributed by atoms with Crippen molar-refractivity contribution in [2.45, 2.75) is 20.3 Å². The van der Waals surface area contributed by atoms with Gasteiger partial charge in [-0.3, -0.25) is 0 Å². The number of nitrogens with one attached hydrogen (secondary N) is 1. The van der Waals surface area contributed by atoms with Gasteiger partial charge in [-0.25, -0.2) is 9.97 Å². The molecule has 0 radical (unpaired) electrons. The summed E-state index contributed by atoms with van der Waals surface area (Å²) in [5.41, 5.74) is 3.13. The van der Waals surface area contributed by atoms with Gasteiger partial charge in [0.25, 0.3) is 0 Å². The van der Waals surface area contributed by atoms with Crippen LogP contribution < -0.4 is 10.1 Å². The molecule has 0 aliphatic carbocycles. The number of aromatic nitrogens is 2. The van der Waals surface area contributed by atoms with Gasteiger partial charge < -0.3 is 14.8 Å². The first-order valence-corrected chi connectivity index (χ1v) is 7.92. The summed E-state index contributed by atoms with van der Waals surface area (Å²) in [5, 5.41) is 3.71. The van der Waals surface area contributed by atoms with Crippen LogP contribution in [0.3, 0.4) is 0 Å². The van der Waals surface area contributed by atoms with E-state index in [9.17, 15) is 0 Å². The molecule has 0 atom stereocenters. The van der Waals surface area contributed by atoms with Gasteiger partial charge in [0.05, 0.1) is 18.8 Å². The standard InChI is InChI=1S/C17H22ClN3O2/c1-12-10-14(6-8-22-3)4-5-15(12)23-9-7-19-17-16(18)13(2)20-11-21-17/h4-5,10-11H,6-9H2,1-3H3,(H,19,20,21). The average molecular weight is 336 g/mol. The Kier molecular flexibility index (Phi) is 6.62. The van der Waals surface area contributed by atoms with Crippen LogP contribution in [0.2, 0.25) is 5.02 Å². The summed E-state index contributed by atoms with van der Waals surface area (Å²) in [7, 11) is 1.71. The maximum absolute atomic E-state index is 6.13. The highest BCUT2D eigenvalue weighted by atomic mass is 35.5. The normalized spacial score (nSPS) is 10.6. The average Bonchev–Trinajstić information content (AvgIpc) is 2.54.